The molecule has 3 N–H and O–H groups in total. The summed E-state index contributed by atoms with van der Waals surface area (Å²) >= 11 is 0. The molecule has 0 fully saturated rings. The number of nitrogens with one attached hydrogen (secondary N) is 1. The average molecular weight is 415 g/mol. The van der Waals surface area contributed by atoms with E-state index in [4.69, 9.17) is 25.2 Å². The predicted molar refractivity (Wildman–Crippen MR) is 124 cm³/mol. The van der Waals surface area contributed by atoms with E-state index in [1.165, 1.54) is 0 Å². The highest BCUT2D eigenvalue weighted by Crippen LogP contribution is 2.29. The topological polar surface area (TPSA) is 82.3 Å². The first-order valence-electron chi connectivity index (χ1n) is 10.3. The zero-order chi connectivity index (χ0) is 21.5. The molecule has 0 saturated heterocycles. The number of hydrogen-bond acceptors (Lipinski definition) is 6. The van der Waals surface area contributed by atoms with Crippen LogP contribution in [0.2, 0.25) is 0 Å². The molecule has 4 rings (SSSR count). The van der Waals surface area contributed by atoms with Gasteiger partial charge in [-0.3, -0.25) is 0 Å². The molecule has 2 heterocycles. The van der Waals surface area contributed by atoms with Gasteiger partial charge in [-0.05, 0) is 54.9 Å². The molecular formula is C25H26N4O2. The first kappa shape index (κ1) is 20.6. The summed E-state index contributed by atoms with van der Waals surface area (Å²) < 4.78 is 11.2. The van der Waals surface area contributed by atoms with Crippen LogP contribution in [0.5, 0.6) is 11.6 Å². The minimum Gasteiger partial charge on any atom is -0.497 e. The molecule has 31 heavy (non-hydrogen) atoms. The van der Waals surface area contributed by atoms with Crippen LogP contribution in [0, 0.1) is 0 Å². The molecule has 0 aliphatic heterocycles. The highest BCUT2D eigenvalue weighted by molar-refractivity contribution is 5.92. The highest BCUT2D eigenvalue weighted by Gasteiger charge is 2.11. The lowest BCUT2D eigenvalue weighted by atomic mass is 10.1. The maximum Gasteiger partial charge on any atom is 0.214 e. The summed E-state index contributed by atoms with van der Waals surface area (Å²) in [6.07, 6.45) is 0.863. The molecule has 0 spiro atoms. The van der Waals surface area contributed by atoms with Crippen LogP contribution in [-0.4, -0.2) is 30.2 Å². The van der Waals surface area contributed by atoms with Crippen molar-refractivity contribution in [3.05, 3.63) is 78.4 Å². The zero-order valence-corrected chi connectivity index (χ0v) is 17.5. The van der Waals surface area contributed by atoms with E-state index in [1.807, 2.05) is 72.8 Å². The fourth-order valence-corrected chi connectivity index (χ4v) is 3.27. The van der Waals surface area contributed by atoms with Gasteiger partial charge in [0.15, 0.2) is 0 Å². The van der Waals surface area contributed by atoms with E-state index in [9.17, 15) is 0 Å². The molecule has 0 aliphatic carbocycles. The molecule has 0 amide bonds. The van der Waals surface area contributed by atoms with E-state index in [0.717, 1.165) is 52.3 Å². The molecule has 4 aromatic rings. The maximum absolute atomic E-state index is 5.93. The molecule has 0 bridgehead atoms. The third kappa shape index (κ3) is 5.10. The fourth-order valence-electron chi connectivity index (χ4n) is 3.27. The number of benzene rings is 2. The Labute approximate surface area is 182 Å². The second-order valence-corrected chi connectivity index (χ2v) is 7.14. The van der Waals surface area contributed by atoms with Gasteiger partial charge in [-0.1, -0.05) is 30.3 Å². The van der Waals surface area contributed by atoms with Crippen LogP contribution < -0.4 is 20.5 Å². The summed E-state index contributed by atoms with van der Waals surface area (Å²) in [4.78, 5) is 9.60. The minimum atomic E-state index is 0.470. The van der Waals surface area contributed by atoms with Crippen molar-refractivity contribution in [2.24, 2.45) is 5.73 Å². The van der Waals surface area contributed by atoms with Crippen molar-refractivity contribution in [2.45, 2.75) is 13.0 Å². The number of anilines is 1. The Hall–Kier alpha value is -3.64. The quantitative estimate of drug-likeness (QED) is 0.388. The maximum atomic E-state index is 5.93. The fraction of sp³-hybridized carbons (Fsp3) is 0.200. The zero-order valence-electron chi connectivity index (χ0n) is 17.5. The van der Waals surface area contributed by atoms with Crippen molar-refractivity contribution >= 4 is 16.7 Å². The van der Waals surface area contributed by atoms with Crippen molar-refractivity contribution in [2.75, 3.05) is 25.5 Å². The Morgan fingerprint density at radius 1 is 0.935 bits per heavy atom. The summed E-state index contributed by atoms with van der Waals surface area (Å²) in [5.41, 5.74) is 9.39. The molecule has 0 radical (unpaired) electrons. The smallest absolute Gasteiger partial charge is 0.214 e. The number of aromatic nitrogens is 2. The van der Waals surface area contributed by atoms with Gasteiger partial charge in [0.1, 0.15) is 18.2 Å². The summed E-state index contributed by atoms with van der Waals surface area (Å²) in [6.45, 7) is 1.84. The largest absolute Gasteiger partial charge is 0.497 e. The Bertz CT molecular complexity index is 1130. The monoisotopic (exact) mass is 414 g/mol. The van der Waals surface area contributed by atoms with Gasteiger partial charge >= 0.3 is 0 Å². The van der Waals surface area contributed by atoms with E-state index < -0.39 is 0 Å². The van der Waals surface area contributed by atoms with Crippen LogP contribution in [0.15, 0.2) is 72.8 Å². The molecular weight excluding hydrogens is 388 g/mol. The van der Waals surface area contributed by atoms with Crippen molar-refractivity contribution in [1.29, 1.82) is 0 Å². The lowest BCUT2D eigenvalue weighted by molar-refractivity contribution is 0.295. The van der Waals surface area contributed by atoms with Crippen LogP contribution in [0.4, 0.5) is 5.82 Å². The van der Waals surface area contributed by atoms with E-state index in [2.05, 4.69) is 5.32 Å². The van der Waals surface area contributed by atoms with Crippen molar-refractivity contribution in [3.63, 3.8) is 0 Å². The van der Waals surface area contributed by atoms with Gasteiger partial charge in [0.25, 0.3) is 0 Å². The minimum absolute atomic E-state index is 0.470. The summed E-state index contributed by atoms with van der Waals surface area (Å²) in [5, 5.41) is 4.35. The summed E-state index contributed by atoms with van der Waals surface area (Å²) in [5.74, 6) is 2.18. The van der Waals surface area contributed by atoms with Gasteiger partial charge in [-0.15, -0.1) is 0 Å². The number of ether oxygens (including phenoxy) is 2. The number of fused-ring (bicyclic) bond motifs is 1. The number of methoxy groups -OCH3 is 1. The number of rotatable bonds is 9. The van der Waals surface area contributed by atoms with Gasteiger partial charge in [0.2, 0.25) is 5.88 Å². The molecule has 2 aromatic carbocycles. The van der Waals surface area contributed by atoms with Gasteiger partial charge < -0.3 is 20.5 Å². The van der Waals surface area contributed by atoms with E-state index in [1.54, 1.807) is 7.11 Å². The Balaban J connectivity index is 1.67. The SMILES string of the molecule is COc1ccc(-c2cc3nc(OCc4ccccc4)ccc3c(NCCCN)n2)cc1. The second-order valence-electron chi connectivity index (χ2n) is 7.14. The van der Waals surface area contributed by atoms with E-state index in [0.29, 0.717) is 19.0 Å². The van der Waals surface area contributed by atoms with Crippen LogP contribution in [0.3, 0.4) is 0 Å². The molecule has 158 valence electrons. The van der Waals surface area contributed by atoms with E-state index in [-0.39, 0.29) is 0 Å². The Morgan fingerprint density at radius 3 is 2.48 bits per heavy atom. The van der Waals surface area contributed by atoms with Gasteiger partial charge in [0, 0.05) is 23.6 Å². The second kappa shape index (κ2) is 9.91. The molecule has 6 nitrogen and oxygen atoms in total. The average Bonchev–Trinajstić information content (AvgIpc) is 2.83. The van der Waals surface area contributed by atoms with Crippen LogP contribution in [-0.2, 0) is 6.61 Å². The summed E-state index contributed by atoms with van der Waals surface area (Å²) in [7, 11) is 1.66. The highest BCUT2D eigenvalue weighted by atomic mass is 16.5. The van der Waals surface area contributed by atoms with Gasteiger partial charge in [-0.2, -0.15) is 0 Å². The third-order valence-electron chi connectivity index (χ3n) is 4.95. The number of pyridine rings is 2. The standard InChI is InChI=1S/C25H26N4O2/c1-30-20-10-8-19(9-11-20)22-16-23-21(25(29-22)27-15-5-14-26)12-13-24(28-23)31-17-18-6-3-2-4-7-18/h2-4,6-13,16H,5,14-15,17,26H2,1H3,(H,27,29). The number of hydrogen-bond donors (Lipinski definition) is 2. The van der Waals surface area contributed by atoms with E-state index >= 15 is 0 Å². The lowest BCUT2D eigenvalue weighted by Gasteiger charge is -2.13. The number of nitrogens with zero attached hydrogens (tertiary/aromatic N) is 2. The molecule has 0 aliphatic rings. The Kier molecular flexibility index (Phi) is 6.59. The van der Waals surface area contributed by atoms with Crippen LogP contribution in [0.1, 0.15) is 12.0 Å². The first-order valence-corrected chi connectivity index (χ1v) is 10.3. The summed E-state index contributed by atoms with van der Waals surface area (Å²) in [6, 6.07) is 23.8. The third-order valence-corrected chi connectivity index (χ3v) is 4.95. The Morgan fingerprint density at radius 2 is 1.74 bits per heavy atom. The van der Waals surface area contributed by atoms with Gasteiger partial charge in [-0.25, -0.2) is 9.97 Å². The van der Waals surface area contributed by atoms with Crippen molar-refractivity contribution in [3.8, 4) is 22.9 Å². The number of nitrogens with two attached hydrogens (primary N) is 1. The molecule has 6 heteroatoms. The van der Waals surface area contributed by atoms with Crippen molar-refractivity contribution in [1.82, 2.24) is 9.97 Å². The van der Waals surface area contributed by atoms with Crippen LogP contribution >= 0.6 is 0 Å². The molecule has 0 unspecified atom stereocenters. The van der Waals surface area contributed by atoms with Gasteiger partial charge in [0.05, 0.1) is 18.3 Å². The molecule has 0 atom stereocenters. The molecule has 2 aromatic heterocycles. The molecule has 0 saturated carbocycles. The first-order chi connectivity index (χ1) is 15.3. The van der Waals surface area contributed by atoms with Crippen molar-refractivity contribution < 1.29 is 9.47 Å². The lowest BCUT2D eigenvalue weighted by Crippen LogP contribution is -2.10. The normalized spacial score (nSPS) is 10.8. The van der Waals surface area contributed by atoms with Crippen LogP contribution in [0.25, 0.3) is 22.2 Å². The predicted octanol–water partition coefficient (Wildman–Crippen LogP) is 4.65.